The smallest absolute Gasteiger partial charge is 0.289 e. The molecule has 1 heterocycles. The molecule has 0 aliphatic carbocycles. The first kappa shape index (κ1) is 25.7. The molecule has 0 aromatic heterocycles. The van der Waals surface area contributed by atoms with Gasteiger partial charge in [0.2, 0.25) is 10.0 Å². The van der Waals surface area contributed by atoms with Crippen LogP contribution in [-0.4, -0.2) is 75.9 Å². The van der Waals surface area contributed by atoms with Gasteiger partial charge in [-0.15, -0.1) is 0 Å². The Morgan fingerprint density at radius 3 is 2.44 bits per heavy atom. The molecule has 11 nitrogen and oxygen atoms in total. The van der Waals surface area contributed by atoms with Crippen LogP contribution in [0.15, 0.2) is 53.4 Å². The number of para-hydroxylation sites is 1. The highest BCUT2D eigenvalue weighted by Crippen LogP contribution is 2.27. The molecule has 2 aromatic rings. The largest absolute Gasteiger partial charge is 0.337 e. The van der Waals surface area contributed by atoms with Crippen molar-refractivity contribution < 1.29 is 30.7 Å². The van der Waals surface area contributed by atoms with Crippen LogP contribution in [0.5, 0.6) is 0 Å². The molecule has 0 radical (unpaired) electrons. The standard InChI is InChI=1S/C21H25N3O8S2/c1-33(28,29)32-16-6-12-23(34(30,31)20-10-5-4-9-19(20)24(26)27)15-14-22-13-11-17-7-2-3-8-18(17)21(22)25/h2-5,7-10H,6,11-16H2,1H3. The zero-order valence-electron chi connectivity index (χ0n) is 18.5. The van der Waals surface area contributed by atoms with E-state index in [1.165, 1.54) is 17.0 Å². The van der Waals surface area contributed by atoms with E-state index < -0.39 is 35.6 Å². The van der Waals surface area contributed by atoms with Crippen molar-refractivity contribution >= 4 is 31.7 Å². The summed E-state index contributed by atoms with van der Waals surface area (Å²) in [7, 11) is -8.03. The van der Waals surface area contributed by atoms with Gasteiger partial charge in [0.15, 0.2) is 4.90 Å². The Kier molecular flexibility index (Phi) is 8.02. The highest BCUT2D eigenvalue weighted by Gasteiger charge is 2.32. The average Bonchev–Trinajstić information content (AvgIpc) is 2.79. The number of amides is 1. The third-order valence-electron chi connectivity index (χ3n) is 5.33. The van der Waals surface area contributed by atoms with Crippen molar-refractivity contribution in [3.05, 3.63) is 69.8 Å². The number of nitro groups is 1. The second-order valence-corrected chi connectivity index (χ2v) is 11.3. The second-order valence-electron chi connectivity index (χ2n) is 7.71. The number of rotatable bonds is 11. The van der Waals surface area contributed by atoms with Crippen LogP contribution in [-0.2, 0) is 30.7 Å². The lowest BCUT2D eigenvalue weighted by Crippen LogP contribution is -2.44. The fourth-order valence-corrected chi connectivity index (χ4v) is 5.74. The Morgan fingerprint density at radius 2 is 1.74 bits per heavy atom. The van der Waals surface area contributed by atoms with Gasteiger partial charge in [0.05, 0.1) is 17.8 Å². The summed E-state index contributed by atoms with van der Waals surface area (Å²) < 4.78 is 54.9. The Labute approximate surface area is 198 Å². The molecule has 34 heavy (non-hydrogen) atoms. The number of nitrogens with zero attached hydrogens (tertiary/aromatic N) is 3. The van der Waals surface area contributed by atoms with Gasteiger partial charge in [-0.25, -0.2) is 8.42 Å². The first-order valence-corrected chi connectivity index (χ1v) is 13.7. The number of nitro benzene ring substituents is 1. The molecule has 184 valence electrons. The van der Waals surface area contributed by atoms with Crippen LogP contribution < -0.4 is 0 Å². The van der Waals surface area contributed by atoms with E-state index in [1.54, 1.807) is 12.1 Å². The van der Waals surface area contributed by atoms with Gasteiger partial charge in [-0.2, -0.15) is 12.7 Å². The zero-order valence-corrected chi connectivity index (χ0v) is 20.1. The highest BCUT2D eigenvalue weighted by molar-refractivity contribution is 7.89. The van der Waals surface area contributed by atoms with Crippen LogP contribution in [0.4, 0.5) is 5.69 Å². The van der Waals surface area contributed by atoms with Crippen LogP contribution in [0.3, 0.4) is 0 Å². The molecule has 0 fully saturated rings. The Balaban J connectivity index is 1.81. The molecule has 0 atom stereocenters. The first-order valence-electron chi connectivity index (χ1n) is 10.5. The summed E-state index contributed by atoms with van der Waals surface area (Å²) in [5.74, 6) is -0.217. The monoisotopic (exact) mass is 511 g/mol. The molecule has 0 bridgehead atoms. The molecule has 0 N–H and O–H groups in total. The molecule has 0 unspecified atom stereocenters. The summed E-state index contributed by atoms with van der Waals surface area (Å²) in [6.07, 6.45) is 1.54. The summed E-state index contributed by atoms with van der Waals surface area (Å²) in [5.41, 5.74) is 0.914. The van der Waals surface area contributed by atoms with Crippen LogP contribution in [0.2, 0.25) is 0 Å². The number of sulfonamides is 1. The molecule has 0 saturated carbocycles. The van der Waals surface area contributed by atoms with Gasteiger partial charge in [0, 0.05) is 37.8 Å². The van der Waals surface area contributed by atoms with Crippen molar-refractivity contribution in [2.24, 2.45) is 0 Å². The van der Waals surface area contributed by atoms with Crippen molar-refractivity contribution in [1.82, 2.24) is 9.21 Å². The van der Waals surface area contributed by atoms with E-state index in [2.05, 4.69) is 4.18 Å². The lowest BCUT2D eigenvalue weighted by atomic mass is 9.99. The van der Waals surface area contributed by atoms with Crippen LogP contribution in [0, 0.1) is 10.1 Å². The Hall–Kier alpha value is -2.87. The number of fused-ring (bicyclic) bond motifs is 1. The van der Waals surface area contributed by atoms with Gasteiger partial charge in [-0.05, 0) is 30.5 Å². The minimum atomic E-state index is -4.32. The minimum Gasteiger partial charge on any atom is -0.337 e. The lowest BCUT2D eigenvalue weighted by Gasteiger charge is -2.31. The Bertz CT molecular complexity index is 1280. The van der Waals surface area contributed by atoms with Crippen LogP contribution in [0.25, 0.3) is 0 Å². The summed E-state index contributed by atoms with van der Waals surface area (Å²) in [4.78, 5) is 24.5. The topological polar surface area (TPSA) is 144 Å². The quantitative estimate of drug-likeness (QED) is 0.192. The first-order chi connectivity index (χ1) is 16.0. The average molecular weight is 512 g/mol. The molecule has 3 rings (SSSR count). The normalized spacial score (nSPS) is 14.3. The molecule has 1 aliphatic rings. The third-order valence-corrected chi connectivity index (χ3v) is 7.88. The van der Waals surface area contributed by atoms with Gasteiger partial charge < -0.3 is 4.90 Å². The van der Waals surface area contributed by atoms with Crippen molar-refractivity contribution in [2.75, 3.05) is 39.0 Å². The van der Waals surface area contributed by atoms with Gasteiger partial charge in [0.25, 0.3) is 21.7 Å². The van der Waals surface area contributed by atoms with E-state index in [0.717, 1.165) is 28.3 Å². The number of hydrogen-bond donors (Lipinski definition) is 0. The fourth-order valence-electron chi connectivity index (χ4n) is 3.69. The van der Waals surface area contributed by atoms with Gasteiger partial charge >= 0.3 is 0 Å². The highest BCUT2D eigenvalue weighted by atomic mass is 32.2. The maximum Gasteiger partial charge on any atom is 0.289 e. The van der Waals surface area contributed by atoms with E-state index >= 15 is 0 Å². The van der Waals surface area contributed by atoms with E-state index in [0.29, 0.717) is 18.5 Å². The fraction of sp³-hybridized carbons (Fsp3) is 0.381. The van der Waals surface area contributed by atoms with Crippen molar-refractivity contribution in [2.45, 2.75) is 17.7 Å². The predicted octanol–water partition coefficient (Wildman–Crippen LogP) is 1.65. The molecule has 0 spiro atoms. The number of carbonyl (C=O) groups excluding carboxylic acids is 1. The van der Waals surface area contributed by atoms with Crippen molar-refractivity contribution in [1.29, 1.82) is 0 Å². The van der Waals surface area contributed by atoms with E-state index in [4.69, 9.17) is 0 Å². The number of carbonyl (C=O) groups is 1. The van der Waals surface area contributed by atoms with E-state index in [1.807, 2.05) is 12.1 Å². The molecule has 0 saturated heterocycles. The van der Waals surface area contributed by atoms with Crippen LogP contribution in [0.1, 0.15) is 22.3 Å². The lowest BCUT2D eigenvalue weighted by molar-refractivity contribution is -0.387. The SMILES string of the molecule is CS(=O)(=O)OCCCN(CCN1CCc2ccccc2C1=O)S(=O)(=O)c1ccccc1[N+](=O)[O-]. The maximum atomic E-state index is 13.4. The molecule has 1 amide bonds. The molecular weight excluding hydrogens is 486 g/mol. The van der Waals surface area contributed by atoms with E-state index in [-0.39, 0.29) is 38.6 Å². The molecule has 13 heteroatoms. The summed E-state index contributed by atoms with van der Waals surface area (Å²) in [6, 6.07) is 12.2. The van der Waals surface area contributed by atoms with Gasteiger partial charge in [-0.1, -0.05) is 30.3 Å². The summed E-state index contributed by atoms with van der Waals surface area (Å²) in [6.45, 7) is -0.0478. The predicted molar refractivity (Wildman–Crippen MR) is 123 cm³/mol. The van der Waals surface area contributed by atoms with Crippen molar-refractivity contribution in [3.63, 3.8) is 0 Å². The van der Waals surface area contributed by atoms with Crippen LogP contribution >= 0.6 is 0 Å². The third kappa shape index (κ3) is 6.17. The maximum absolute atomic E-state index is 13.4. The summed E-state index contributed by atoms with van der Waals surface area (Å²) >= 11 is 0. The zero-order chi connectivity index (χ0) is 24.9. The number of benzene rings is 2. The van der Waals surface area contributed by atoms with E-state index in [9.17, 15) is 31.7 Å². The van der Waals surface area contributed by atoms with Crippen molar-refractivity contribution in [3.8, 4) is 0 Å². The molecule has 2 aromatic carbocycles. The van der Waals surface area contributed by atoms with Gasteiger partial charge in [0.1, 0.15) is 0 Å². The molecular formula is C21H25N3O8S2. The Morgan fingerprint density at radius 1 is 1.06 bits per heavy atom. The number of hydrogen-bond acceptors (Lipinski definition) is 8. The molecule has 1 aliphatic heterocycles. The minimum absolute atomic E-state index is 0.0315. The van der Waals surface area contributed by atoms with Gasteiger partial charge in [-0.3, -0.25) is 19.1 Å². The second kappa shape index (κ2) is 10.6. The summed E-state index contributed by atoms with van der Waals surface area (Å²) in [5, 5.41) is 11.4.